The third-order valence-corrected chi connectivity index (χ3v) is 12.4. The second-order valence-corrected chi connectivity index (χ2v) is 19.1. The van der Waals surface area contributed by atoms with Crippen LogP contribution < -0.4 is 140 Å². The number of halogens is 1. The summed E-state index contributed by atoms with van der Waals surface area (Å²) < 4.78 is 135. The van der Waals surface area contributed by atoms with Gasteiger partial charge in [0.1, 0.15) is 21.3 Å². The van der Waals surface area contributed by atoms with Gasteiger partial charge in [0.15, 0.2) is 11.4 Å². The number of aromatic hydroxyl groups is 2. The molecule has 1 aromatic heterocycles. The molecular weight excluding hydrogens is 1190 g/mol. The quantitative estimate of drug-likeness (QED) is 0.0240. The molecule has 25 nitrogen and oxygen atoms in total. The van der Waals surface area contributed by atoms with Crippen LogP contribution in [0.15, 0.2) is 103 Å². The number of fused-ring (bicyclic) bond motifs is 2. The van der Waals surface area contributed by atoms with Gasteiger partial charge < -0.3 is 20.8 Å². The molecular formula is C35H24ClCu2N9Na4O16S4+4. The van der Waals surface area contributed by atoms with Gasteiger partial charge in [-0.2, -0.15) is 58.8 Å². The minimum atomic E-state index is -5.16. The summed E-state index contributed by atoms with van der Waals surface area (Å²) in [5, 5.41) is 32.8. The van der Waals surface area contributed by atoms with Gasteiger partial charge in [0.2, 0.25) is 28.7 Å². The number of phenols is 2. The van der Waals surface area contributed by atoms with E-state index in [1.165, 1.54) is 36.4 Å². The van der Waals surface area contributed by atoms with E-state index in [-0.39, 0.29) is 203 Å². The summed E-state index contributed by atoms with van der Waals surface area (Å²) in [7, 11) is -19.8. The van der Waals surface area contributed by atoms with Crippen LogP contribution in [0.2, 0.25) is 5.28 Å². The van der Waals surface area contributed by atoms with Gasteiger partial charge in [-0.15, -0.1) is 0 Å². The largest absolute Gasteiger partial charge is 1.00 e. The van der Waals surface area contributed by atoms with Crippen molar-refractivity contribution in [1.82, 2.24) is 15.0 Å². The van der Waals surface area contributed by atoms with E-state index in [0.29, 0.717) is 0 Å². The molecule has 0 aliphatic heterocycles. The average molecular weight is 1210 g/mol. The molecule has 36 heteroatoms. The number of nitrogens with one attached hydrogen (secondary N) is 4. The second kappa shape index (κ2) is 26.0. The van der Waals surface area contributed by atoms with Gasteiger partial charge >= 0.3 is 118 Å². The zero-order valence-electron chi connectivity index (χ0n) is 36.2. The van der Waals surface area contributed by atoms with Crippen LogP contribution >= 0.6 is 11.6 Å². The van der Waals surface area contributed by atoms with E-state index >= 15 is 0 Å². The van der Waals surface area contributed by atoms with Crippen LogP contribution in [-0.4, -0.2) is 100 Å². The van der Waals surface area contributed by atoms with E-state index in [2.05, 4.69) is 46.6 Å². The molecule has 0 saturated heterocycles. The maximum absolute atomic E-state index is 13.5. The number of hydrogen-bond acceptors (Lipinski definition) is 21. The van der Waals surface area contributed by atoms with Gasteiger partial charge in [0.05, 0.1) is 21.2 Å². The van der Waals surface area contributed by atoms with Crippen molar-refractivity contribution in [2.75, 3.05) is 21.5 Å². The number of ketones is 2. The number of hydrogen-bond donors (Lipinski definition) is 10. The number of aromatic nitrogens is 3. The Morgan fingerprint density at radius 2 is 0.845 bits per heavy atom. The van der Waals surface area contributed by atoms with Crippen molar-refractivity contribution in [3.63, 3.8) is 0 Å². The molecule has 71 heavy (non-hydrogen) atoms. The minimum Gasteiger partial charge on any atom is -0.506 e. The fraction of sp³-hybridized carbons (Fsp3) is 0. The first kappa shape index (κ1) is 66.8. The normalized spacial score (nSPS) is 14.2. The van der Waals surface area contributed by atoms with E-state index in [0.717, 1.165) is 48.6 Å². The summed E-state index contributed by atoms with van der Waals surface area (Å²) in [4.78, 5) is 35.8. The van der Waals surface area contributed by atoms with Crippen LogP contribution in [0.5, 0.6) is 11.5 Å². The predicted octanol–water partition coefficient (Wildman–Crippen LogP) is -8.29. The van der Waals surface area contributed by atoms with Crippen LogP contribution in [0.25, 0.3) is 12.2 Å². The predicted molar refractivity (Wildman–Crippen MR) is 230 cm³/mol. The van der Waals surface area contributed by atoms with Crippen LogP contribution in [-0.2, 0) is 74.6 Å². The van der Waals surface area contributed by atoms with E-state index in [9.17, 15) is 71.7 Å². The number of benzene rings is 4. The number of allylic oxidation sites excluding steroid dienone is 2. The van der Waals surface area contributed by atoms with E-state index in [4.69, 9.17) is 11.6 Å². The van der Waals surface area contributed by atoms with Crippen molar-refractivity contribution in [2.24, 2.45) is 10.2 Å². The SMILES string of the molecule is O=C1/C(=N/Nc2cc(S(=O)(=O)O)ccc2O)C(S(=O)(=O)O)=Cc2cc(Nc3nc(Cl)nc(Nc4ccc5c(c4)C=C(S(=O)(=O)O)/C(=N\Nc4cc(S(=O)(=O)O)ccc4O)C5=O)n3)ccc21.[Cu].[Cu].[Na+].[Na+].[Na+].[Na+]. The maximum Gasteiger partial charge on any atom is 1.00 e. The van der Waals surface area contributed by atoms with Crippen LogP contribution in [0.3, 0.4) is 0 Å². The average Bonchev–Trinajstić information content (AvgIpc) is 3.19. The molecule has 7 rings (SSSR count). The first-order chi connectivity index (χ1) is 30.3. The van der Waals surface area contributed by atoms with Gasteiger partial charge in [-0.25, -0.2) is 0 Å². The number of anilines is 6. The van der Waals surface area contributed by atoms with Gasteiger partial charge in [-0.3, -0.25) is 38.7 Å². The number of Topliss-reactive ketones (excluding diaryl/α,β-unsaturated/α-hetero) is 2. The molecule has 358 valence electrons. The topological polar surface area (TPSA) is 404 Å². The Labute approximate surface area is 516 Å². The minimum absolute atomic E-state index is 0. The summed E-state index contributed by atoms with van der Waals surface area (Å²) in [5.41, 5.74) is 1.56. The Morgan fingerprint density at radius 1 is 0.493 bits per heavy atom. The molecule has 0 saturated carbocycles. The Balaban J connectivity index is 0.00000420. The molecule has 0 bridgehead atoms. The summed E-state index contributed by atoms with van der Waals surface area (Å²) in [5.74, 6) is -3.74. The number of carbonyl (C=O) groups is 2. The Kier molecular flexibility index (Phi) is 24.5. The standard InChI is InChI=1S/C35H24ClN9O16S4.2Cu.4Na/c36-33-39-34(37-17-1-5-21-15(9-17)11-27(64(56,57)58)29(31(21)48)44-42-23-13-19(62(50,51)52)3-7-25(23)46)41-35(40-33)38-18-2-6-22-16(10-18)12-28(65(59,60)61)30(32(22)49)45-43-24-14-20(63(53,54)55)4-8-26(24)47;;;;;;/h1-14,42-43,46-47H,(H,50,51,52)(H,53,54,55)(H,56,57,58)(H,59,60,61)(H2,37,38,39,40,41);;;;;;/q;;;4*+1/b44-29+,45-30+;;;;;;. The monoisotopic (exact) mass is 1210 g/mol. The van der Waals surface area contributed by atoms with Gasteiger partial charge in [-0.1, -0.05) is 0 Å². The number of hydrazone groups is 2. The van der Waals surface area contributed by atoms with Crippen molar-refractivity contribution < 1.29 is 224 Å². The molecule has 2 aliphatic carbocycles. The van der Waals surface area contributed by atoms with Gasteiger partial charge in [0, 0.05) is 56.6 Å². The van der Waals surface area contributed by atoms with Crippen molar-refractivity contribution in [3.05, 3.63) is 110 Å². The fourth-order valence-corrected chi connectivity index (χ4v) is 8.41. The third kappa shape index (κ3) is 15.9. The van der Waals surface area contributed by atoms with Gasteiger partial charge in [-0.05, 0) is 108 Å². The van der Waals surface area contributed by atoms with Gasteiger partial charge in [0.25, 0.3) is 40.5 Å². The summed E-state index contributed by atoms with van der Waals surface area (Å²) in [6.07, 6.45) is 1.79. The molecule has 5 aromatic rings. The number of nitrogens with zero attached hydrogens (tertiary/aromatic N) is 5. The number of carbonyl (C=O) groups excluding carboxylic acids is 2. The van der Waals surface area contributed by atoms with Crippen molar-refractivity contribution in [2.45, 2.75) is 9.79 Å². The maximum atomic E-state index is 13.5. The molecule has 0 spiro atoms. The van der Waals surface area contributed by atoms with E-state index in [1.54, 1.807) is 0 Å². The number of rotatable bonds is 12. The molecule has 4 aromatic carbocycles. The van der Waals surface area contributed by atoms with Crippen LogP contribution in [0.1, 0.15) is 31.8 Å². The molecule has 0 amide bonds. The molecule has 0 fully saturated rings. The molecule has 1 heterocycles. The molecule has 10 N–H and O–H groups in total. The molecule has 2 aliphatic rings. The van der Waals surface area contributed by atoms with Crippen molar-refractivity contribution in [1.29, 1.82) is 0 Å². The molecule has 0 atom stereocenters. The van der Waals surface area contributed by atoms with Crippen LogP contribution in [0.4, 0.5) is 34.6 Å². The Hall–Kier alpha value is -2.18. The van der Waals surface area contributed by atoms with Crippen LogP contribution in [0, 0.1) is 0 Å². The van der Waals surface area contributed by atoms with E-state index < -0.39 is 106 Å². The first-order valence-corrected chi connectivity index (χ1v) is 23.4. The second-order valence-electron chi connectivity index (χ2n) is 13.2. The Morgan fingerprint density at radius 3 is 1.17 bits per heavy atom. The zero-order chi connectivity index (χ0) is 47.4. The third-order valence-electron chi connectivity index (χ3n) is 8.85. The van der Waals surface area contributed by atoms with Crippen molar-refractivity contribution in [3.8, 4) is 11.5 Å². The smallest absolute Gasteiger partial charge is 0.506 e. The molecule has 2 radical (unpaired) electrons. The zero-order valence-corrected chi connectivity index (χ0v) is 50.1. The summed E-state index contributed by atoms with van der Waals surface area (Å²) in [6, 6.07) is 12.7. The Bertz CT molecular complexity index is 3340. The first-order valence-electron chi connectivity index (χ1n) is 17.3. The summed E-state index contributed by atoms with van der Waals surface area (Å²) >= 11 is 6.16. The molecule has 0 unspecified atom stereocenters. The van der Waals surface area contributed by atoms with Crippen molar-refractivity contribution >= 4 is 122 Å². The fourth-order valence-electron chi connectivity index (χ4n) is 5.92. The van der Waals surface area contributed by atoms with E-state index in [1.807, 2.05) is 0 Å². The number of phenolic OH excluding ortho intramolecular Hbond substituents is 2. The summed E-state index contributed by atoms with van der Waals surface area (Å²) in [6.45, 7) is 0.